The van der Waals surface area contributed by atoms with Crippen LogP contribution in [0.4, 0.5) is 0 Å². The van der Waals surface area contributed by atoms with E-state index < -0.39 is 0 Å². The molecule has 1 rings (SSSR count). The minimum absolute atomic E-state index is 0.844. The van der Waals surface area contributed by atoms with Gasteiger partial charge in [-0.25, -0.2) is 0 Å². The Hall–Kier alpha value is -0.820. The number of hydrogen-bond acceptors (Lipinski definition) is 1. The summed E-state index contributed by atoms with van der Waals surface area (Å²) >= 11 is 0. The van der Waals surface area contributed by atoms with E-state index in [1.54, 1.807) is 0 Å². The summed E-state index contributed by atoms with van der Waals surface area (Å²) in [4.78, 5) is 2.53. The molecular weight excluding hydrogens is 182 g/mol. The van der Waals surface area contributed by atoms with Crippen molar-refractivity contribution in [2.75, 3.05) is 19.6 Å². The van der Waals surface area contributed by atoms with E-state index in [1.165, 1.54) is 44.5 Å². The minimum Gasteiger partial charge on any atom is -0.304 e. The van der Waals surface area contributed by atoms with E-state index in [9.17, 15) is 0 Å². The minimum atomic E-state index is 0.844. The highest BCUT2D eigenvalue weighted by molar-refractivity contribution is 5.21. The predicted molar refractivity (Wildman–Crippen MR) is 67.9 cm³/mol. The summed E-state index contributed by atoms with van der Waals surface area (Å²) < 4.78 is 0. The van der Waals surface area contributed by atoms with Crippen molar-refractivity contribution in [3.63, 3.8) is 0 Å². The maximum Gasteiger partial charge on any atom is -0.00161 e. The van der Waals surface area contributed by atoms with Crippen LogP contribution >= 0.6 is 0 Å². The fraction of sp³-hybridized carbons (Fsp3) is 0.571. The van der Waals surface area contributed by atoms with Gasteiger partial charge >= 0.3 is 0 Å². The van der Waals surface area contributed by atoms with E-state index in [2.05, 4.69) is 31.1 Å². The molecule has 1 heterocycles. The first-order valence-corrected chi connectivity index (χ1v) is 5.96. The molecule has 15 heavy (non-hydrogen) atoms. The molecule has 1 nitrogen and oxygen atoms in total. The van der Waals surface area contributed by atoms with E-state index in [4.69, 9.17) is 0 Å². The van der Waals surface area contributed by atoms with Crippen LogP contribution in [0.5, 0.6) is 0 Å². The molecule has 1 fully saturated rings. The molecular formula is C14H23N. The Balaban J connectivity index is 2.37. The SMILES string of the molecule is C=C/C=C(\C=C)CC1CCN(CC)CC1. The molecule has 1 saturated heterocycles. The lowest BCUT2D eigenvalue weighted by Gasteiger charge is -2.31. The predicted octanol–water partition coefficient (Wildman–Crippen LogP) is 3.41. The smallest absolute Gasteiger partial charge is 0.00161 e. The average molecular weight is 205 g/mol. The molecule has 0 aromatic carbocycles. The fourth-order valence-electron chi connectivity index (χ4n) is 2.21. The summed E-state index contributed by atoms with van der Waals surface area (Å²) in [6.45, 7) is 13.6. The molecule has 0 aromatic rings. The van der Waals surface area contributed by atoms with Crippen LogP contribution in [-0.4, -0.2) is 24.5 Å². The lowest BCUT2D eigenvalue weighted by Crippen LogP contribution is -2.33. The molecule has 0 saturated carbocycles. The molecule has 0 amide bonds. The first-order valence-electron chi connectivity index (χ1n) is 5.96. The van der Waals surface area contributed by atoms with Crippen molar-refractivity contribution in [3.05, 3.63) is 37.0 Å². The highest BCUT2D eigenvalue weighted by atomic mass is 15.1. The van der Waals surface area contributed by atoms with Gasteiger partial charge in [-0.3, -0.25) is 0 Å². The van der Waals surface area contributed by atoms with Crippen molar-refractivity contribution in [2.45, 2.75) is 26.2 Å². The number of allylic oxidation sites excluding steroid dienone is 4. The van der Waals surface area contributed by atoms with Gasteiger partial charge in [0.2, 0.25) is 0 Å². The molecule has 0 aliphatic carbocycles. The number of nitrogens with zero attached hydrogens (tertiary/aromatic N) is 1. The van der Waals surface area contributed by atoms with Gasteiger partial charge in [0.25, 0.3) is 0 Å². The highest BCUT2D eigenvalue weighted by Crippen LogP contribution is 2.24. The Kier molecular flexibility index (Phi) is 5.41. The van der Waals surface area contributed by atoms with Gasteiger partial charge in [0.05, 0.1) is 0 Å². The molecule has 0 N–H and O–H groups in total. The second kappa shape index (κ2) is 6.62. The van der Waals surface area contributed by atoms with E-state index in [-0.39, 0.29) is 0 Å². The Bertz CT molecular complexity index is 232. The van der Waals surface area contributed by atoms with Crippen LogP contribution in [0.25, 0.3) is 0 Å². The van der Waals surface area contributed by atoms with Crippen LogP contribution in [0.1, 0.15) is 26.2 Å². The number of piperidine rings is 1. The zero-order valence-corrected chi connectivity index (χ0v) is 9.91. The number of likely N-dealkylation sites (tertiary alicyclic amines) is 1. The highest BCUT2D eigenvalue weighted by Gasteiger charge is 2.17. The lowest BCUT2D eigenvalue weighted by atomic mass is 9.90. The second-order valence-electron chi connectivity index (χ2n) is 4.26. The maximum atomic E-state index is 3.85. The zero-order chi connectivity index (χ0) is 11.1. The van der Waals surface area contributed by atoms with Gasteiger partial charge in [0.15, 0.2) is 0 Å². The zero-order valence-electron chi connectivity index (χ0n) is 9.91. The largest absolute Gasteiger partial charge is 0.304 e. The van der Waals surface area contributed by atoms with Gasteiger partial charge in [-0.1, -0.05) is 38.3 Å². The Morgan fingerprint density at radius 1 is 1.33 bits per heavy atom. The second-order valence-corrected chi connectivity index (χ2v) is 4.26. The van der Waals surface area contributed by atoms with Crippen LogP contribution < -0.4 is 0 Å². The van der Waals surface area contributed by atoms with Crippen molar-refractivity contribution in [2.24, 2.45) is 5.92 Å². The standard InChI is InChI=1S/C14H23N/c1-4-7-13(5-2)12-14-8-10-15(6-3)11-9-14/h4-5,7,14H,1-2,6,8-12H2,3H3/b13-7+. The van der Waals surface area contributed by atoms with Crippen molar-refractivity contribution in [1.82, 2.24) is 4.90 Å². The fourth-order valence-corrected chi connectivity index (χ4v) is 2.21. The van der Waals surface area contributed by atoms with Gasteiger partial charge in [-0.15, -0.1) is 0 Å². The van der Waals surface area contributed by atoms with Gasteiger partial charge in [0, 0.05) is 0 Å². The normalized spacial score (nSPS) is 20.2. The van der Waals surface area contributed by atoms with Crippen LogP contribution in [0.3, 0.4) is 0 Å². The van der Waals surface area contributed by atoms with Crippen molar-refractivity contribution in [3.8, 4) is 0 Å². The molecule has 0 aromatic heterocycles. The maximum absolute atomic E-state index is 3.85. The summed E-state index contributed by atoms with van der Waals surface area (Å²) in [5, 5.41) is 0. The molecule has 0 radical (unpaired) electrons. The van der Waals surface area contributed by atoms with E-state index in [1.807, 2.05) is 12.2 Å². The topological polar surface area (TPSA) is 3.24 Å². The van der Waals surface area contributed by atoms with Gasteiger partial charge in [-0.2, -0.15) is 0 Å². The first kappa shape index (κ1) is 12.3. The molecule has 1 aliphatic heterocycles. The summed E-state index contributed by atoms with van der Waals surface area (Å²) in [6.07, 6.45) is 9.74. The molecule has 1 heteroatoms. The average Bonchev–Trinajstić information content (AvgIpc) is 2.29. The molecule has 0 atom stereocenters. The summed E-state index contributed by atoms with van der Waals surface area (Å²) in [5.41, 5.74) is 1.33. The third-order valence-electron chi connectivity index (χ3n) is 3.27. The Labute approximate surface area is 94.2 Å². The van der Waals surface area contributed by atoms with Crippen molar-refractivity contribution >= 4 is 0 Å². The quantitative estimate of drug-likeness (QED) is 0.622. The van der Waals surface area contributed by atoms with Gasteiger partial charge in [-0.05, 0) is 50.4 Å². The lowest BCUT2D eigenvalue weighted by molar-refractivity contribution is 0.192. The summed E-state index contributed by atoms with van der Waals surface area (Å²) in [5.74, 6) is 0.844. The van der Waals surface area contributed by atoms with Crippen LogP contribution in [0.2, 0.25) is 0 Å². The molecule has 1 aliphatic rings. The molecule has 0 bridgehead atoms. The summed E-state index contributed by atoms with van der Waals surface area (Å²) in [7, 11) is 0. The van der Waals surface area contributed by atoms with Crippen molar-refractivity contribution in [1.29, 1.82) is 0 Å². The van der Waals surface area contributed by atoms with Crippen LogP contribution in [0.15, 0.2) is 37.0 Å². The molecule has 0 spiro atoms. The monoisotopic (exact) mass is 205 g/mol. The summed E-state index contributed by atoms with van der Waals surface area (Å²) in [6, 6.07) is 0. The molecule has 0 unspecified atom stereocenters. The Morgan fingerprint density at radius 3 is 2.47 bits per heavy atom. The third kappa shape index (κ3) is 4.05. The van der Waals surface area contributed by atoms with E-state index in [0.717, 1.165) is 5.92 Å². The van der Waals surface area contributed by atoms with Crippen molar-refractivity contribution < 1.29 is 0 Å². The van der Waals surface area contributed by atoms with E-state index in [0.29, 0.717) is 0 Å². The number of hydrogen-bond donors (Lipinski definition) is 0. The van der Waals surface area contributed by atoms with Crippen LogP contribution in [0, 0.1) is 5.92 Å². The Morgan fingerprint density at radius 2 is 2.00 bits per heavy atom. The van der Waals surface area contributed by atoms with Crippen LogP contribution in [-0.2, 0) is 0 Å². The van der Waals surface area contributed by atoms with Gasteiger partial charge < -0.3 is 4.90 Å². The molecule has 84 valence electrons. The number of rotatable bonds is 5. The first-order chi connectivity index (χ1) is 7.30. The van der Waals surface area contributed by atoms with Gasteiger partial charge in [0.1, 0.15) is 0 Å². The van der Waals surface area contributed by atoms with E-state index >= 15 is 0 Å². The third-order valence-corrected chi connectivity index (χ3v) is 3.27.